The Morgan fingerprint density at radius 3 is 2.72 bits per heavy atom. The predicted octanol–water partition coefficient (Wildman–Crippen LogP) is 2.94. The largest absolute Gasteiger partial charge is 0.480 e. The first-order valence-corrected chi connectivity index (χ1v) is 8.32. The van der Waals surface area contributed by atoms with Crippen LogP contribution >= 0.6 is 0 Å². The number of carbonyl (C=O) groups is 1. The Balaban J connectivity index is 1.78. The first-order valence-electron chi connectivity index (χ1n) is 8.32. The van der Waals surface area contributed by atoms with Gasteiger partial charge in [-0.2, -0.15) is 0 Å². The van der Waals surface area contributed by atoms with E-state index in [4.69, 9.17) is 4.74 Å². The molecule has 1 fully saturated rings. The molecule has 3 heterocycles. The Kier molecular flexibility index (Phi) is 4.01. The number of rotatable bonds is 3. The van der Waals surface area contributed by atoms with Gasteiger partial charge in [0.2, 0.25) is 5.88 Å². The van der Waals surface area contributed by atoms with Gasteiger partial charge < -0.3 is 9.64 Å². The van der Waals surface area contributed by atoms with Crippen molar-refractivity contribution in [2.24, 2.45) is 0 Å². The number of carbonyl (C=O) groups excluding carboxylic acids is 1. The Labute approximate surface area is 145 Å². The topological polar surface area (TPSA) is 68.2 Å². The van der Waals surface area contributed by atoms with E-state index in [1.54, 1.807) is 13.3 Å². The van der Waals surface area contributed by atoms with Crippen LogP contribution in [0.5, 0.6) is 5.88 Å². The van der Waals surface area contributed by atoms with Crippen molar-refractivity contribution in [1.82, 2.24) is 19.9 Å². The second kappa shape index (κ2) is 6.47. The van der Waals surface area contributed by atoms with Gasteiger partial charge in [0.25, 0.3) is 5.91 Å². The number of benzene rings is 1. The summed E-state index contributed by atoms with van der Waals surface area (Å²) < 4.78 is 5.43. The van der Waals surface area contributed by atoms with Crippen molar-refractivity contribution >= 4 is 16.8 Å². The number of hydrogen-bond donors (Lipinski definition) is 0. The van der Waals surface area contributed by atoms with Crippen LogP contribution in [0.3, 0.4) is 0 Å². The molecule has 6 nitrogen and oxygen atoms in total. The smallest absolute Gasteiger partial charge is 0.274 e. The van der Waals surface area contributed by atoms with Gasteiger partial charge in [0.1, 0.15) is 5.69 Å². The molecule has 1 aliphatic heterocycles. The summed E-state index contributed by atoms with van der Waals surface area (Å²) in [5.74, 6) is 0.401. The van der Waals surface area contributed by atoms with E-state index >= 15 is 0 Å². The number of fused-ring (bicyclic) bond motifs is 1. The molecule has 0 radical (unpaired) electrons. The van der Waals surface area contributed by atoms with E-state index in [0.717, 1.165) is 42.4 Å². The number of methoxy groups -OCH3 is 1. The molecule has 1 amide bonds. The molecule has 0 atom stereocenters. The van der Waals surface area contributed by atoms with Gasteiger partial charge in [-0.15, -0.1) is 0 Å². The van der Waals surface area contributed by atoms with Gasteiger partial charge in [0, 0.05) is 18.5 Å². The molecule has 25 heavy (non-hydrogen) atoms. The number of pyridine rings is 1. The van der Waals surface area contributed by atoms with Crippen LogP contribution in [0.1, 0.15) is 23.3 Å². The van der Waals surface area contributed by atoms with Gasteiger partial charge in [0.05, 0.1) is 36.3 Å². The highest BCUT2D eigenvalue weighted by Gasteiger charge is 2.22. The number of nitrogens with zero attached hydrogens (tertiary/aromatic N) is 4. The highest BCUT2D eigenvalue weighted by molar-refractivity contribution is 5.93. The minimum Gasteiger partial charge on any atom is -0.480 e. The van der Waals surface area contributed by atoms with E-state index in [1.807, 2.05) is 35.2 Å². The van der Waals surface area contributed by atoms with Crippen molar-refractivity contribution in [2.75, 3.05) is 20.2 Å². The average molecular weight is 334 g/mol. The third kappa shape index (κ3) is 2.91. The lowest BCUT2D eigenvalue weighted by Crippen LogP contribution is -2.28. The number of hydrogen-bond acceptors (Lipinski definition) is 5. The Morgan fingerprint density at radius 2 is 1.92 bits per heavy atom. The number of aromatic nitrogens is 3. The second-order valence-electron chi connectivity index (χ2n) is 6.03. The van der Waals surface area contributed by atoms with Crippen LogP contribution in [-0.4, -0.2) is 46.0 Å². The molecule has 0 bridgehead atoms. The first-order chi connectivity index (χ1) is 12.3. The lowest BCUT2D eigenvalue weighted by atomic mass is 10.1. The lowest BCUT2D eigenvalue weighted by Gasteiger charge is -2.15. The molecule has 1 saturated heterocycles. The standard InChI is InChI=1S/C19H18N4O2/c1-25-18-14(10-13-6-2-3-7-15(13)22-18)16-11-20-12-17(21-16)19(24)23-8-4-5-9-23/h2-3,6-7,10-12H,4-5,8-9H2,1H3. The van der Waals surface area contributed by atoms with E-state index in [2.05, 4.69) is 15.0 Å². The fourth-order valence-corrected chi connectivity index (χ4v) is 3.12. The average Bonchev–Trinajstić information content (AvgIpc) is 3.21. The summed E-state index contributed by atoms with van der Waals surface area (Å²) in [6, 6.07) is 9.77. The second-order valence-corrected chi connectivity index (χ2v) is 6.03. The number of amides is 1. The molecule has 3 aromatic rings. The molecular formula is C19H18N4O2. The highest BCUT2D eigenvalue weighted by atomic mass is 16.5. The summed E-state index contributed by atoms with van der Waals surface area (Å²) in [7, 11) is 1.58. The van der Waals surface area contributed by atoms with Crippen LogP contribution < -0.4 is 4.74 Å². The Hall–Kier alpha value is -3.02. The summed E-state index contributed by atoms with van der Waals surface area (Å²) in [5, 5.41) is 0.983. The van der Waals surface area contributed by atoms with Gasteiger partial charge in [-0.05, 0) is 25.0 Å². The molecule has 126 valence electrons. The minimum atomic E-state index is -0.0698. The summed E-state index contributed by atoms with van der Waals surface area (Å²) in [5.41, 5.74) is 2.51. The van der Waals surface area contributed by atoms with Crippen LogP contribution in [0, 0.1) is 0 Å². The molecule has 6 heteroatoms. The normalized spacial score (nSPS) is 14.0. The van der Waals surface area contributed by atoms with Gasteiger partial charge in [-0.25, -0.2) is 9.97 Å². The van der Waals surface area contributed by atoms with Crippen molar-refractivity contribution in [2.45, 2.75) is 12.8 Å². The first kappa shape index (κ1) is 15.5. The van der Waals surface area contributed by atoms with Crippen LogP contribution in [-0.2, 0) is 0 Å². The zero-order valence-electron chi connectivity index (χ0n) is 14.0. The molecule has 4 rings (SSSR count). The number of likely N-dealkylation sites (tertiary alicyclic amines) is 1. The zero-order chi connectivity index (χ0) is 17.2. The van der Waals surface area contributed by atoms with E-state index < -0.39 is 0 Å². The maximum absolute atomic E-state index is 12.6. The Morgan fingerprint density at radius 1 is 1.12 bits per heavy atom. The molecule has 1 aliphatic rings. The van der Waals surface area contributed by atoms with Crippen molar-refractivity contribution in [3.05, 3.63) is 48.4 Å². The summed E-state index contributed by atoms with van der Waals surface area (Å²) in [6.45, 7) is 1.57. The Bertz CT molecular complexity index is 936. The van der Waals surface area contributed by atoms with Crippen LogP contribution in [0.2, 0.25) is 0 Å². The van der Waals surface area contributed by atoms with Gasteiger partial charge in [-0.3, -0.25) is 9.78 Å². The fraction of sp³-hybridized carbons (Fsp3) is 0.263. The number of ether oxygens (including phenoxy) is 1. The molecule has 0 spiro atoms. The quantitative estimate of drug-likeness (QED) is 0.737. The van der Waals surface area contributed by atoms with Crippen molar-refractivity contribution in [3.8, 4) is 17.1 Å². The molecule has 0 N–H and O–H groups in total. The SMILES string of the molecule is COc1nc2ccccc2cc1-c1cncc(C(=O)N2CCCC2)n1. The monoisotopic (exact) mass is 334 g/mol. The molecule has 0 aliphatic carbocycles. The van der Waals surface area contributed by atoms with E-state index in [-0.39, 0.29) is 5.91 Å². The molecular weight excluding hydrogens is 316 g/mol. The van der Waals surface area contributed by atoms with Crippen molar-refractivity contribution < 1.29 is 9.53 Å². The van der Waals surface area contributed by atoms with Gasteiger partial charge >= 0.3 is 0 Å². The lowest BCUT2D eigenvalue weighted by molar-refractivity contribution is 0.0786. The van der Waals surface area contributed by atoms with Crippen molar-refractivity contribution in [1.29, 1.82) is 0 Å². The van der Waals surface area contributed by atoms with Gasteiger partial charge in [0.15, 0.2) is 0 Å². The molecule has 0 saturated carbocycles. The van der Waals surface area contributed by atoms with Crippen molar-refractivity contribution in [3.63, 3.8) is 0 Å². The van der Waals surface area contributed by atoms with E-state index in [9.17, 15) is 4.79 Å². The molecule has 0 unspecified atom stereocenters. The van der Waals surface area contributed by atoms with Crippen LogP contribution in [0.15, 0.2) is 42.7 Å². The van der Waals surface area contributed by atoms with Crippen LogP contribution in [0.4, 0.5) is 0 Å². The van der Waals surface area contributed by atoms with E-state index in [1.165, 1.54) is 6.20 Å². The minimum absolute atomic E-state index is 0.0698. The predicted molar refractivity (Wildman–Crippen MR) is 94.5 cm³/mol. The summed E-state index contributed by atoms with van der Waals surface area (Å²) in [6.07, 6.45) is 5.24. The summed E-state index contributed by atoms with van der Waals surface area (Å²) in [4.78, 5) is 27.7. The third-order valence-electron chi connectivity index (χ3n) is 4.41. The maximum atomic E-state index is 12.6. The maximum Gasteiger partial charge on any atom is 0.274 e. The van der Waals surface area contributed by atoms with Crippen LogP contribution in [0.25, 0.3) is 22.2 Å². The molecule has 2 aromatic heterocycles. The van der Waals surface area contributed by atoms with Gasteiger partial charge in [-0.1, -0.05) is 18.2 Å². The zero-order valence-corrected chi connectivity index (χ0v) is 14.0. The molecule has 1 aromatic carbocycles. The summed E-state index contributed by atoms with van der Waals surface area (Å²) >= 11 is 0. The third-order valence-corrected chi connectivity index (χ3v) is 4.41. The fourth-order valence-electron chi connectivity index (χ4n) is 3.12. The number of para-hydroxylation sites is 1. The highest BCUT2D eigenvalue weighted by Crippen LogP contribution is 2.30. The van der Waals surface area contributed by atoms with E-state index in [0.29, 0.717) is 17.3 Å².